The molecule has 0 spiro atoms. The number of carbonyl (C=O) groups excluding carboxylic acids is 1. The molecule has 0 radical (unpaired) electrons. The van der Waals surface area contributed by atoms with Crippen molar-refractivity contribution in [2.75, 3.05) is 0 Å². The van der Waals surface area contributed by atoms with Crippen LogP contribution in [0.1, 0.15) is 65.2 Å². The van der Waals surface area contributed by atoms with Gasteiger partial charge in [0.25, 0.3) is 0 Å². The Morgan fingerprint density at radius 1 is 1.25 bits per heavy atom. The topological polar surface area (TPSA) is 43.1 Å². The van der Waals surface area contributed by atoms with Crippen LogP contribution < -0.4 is 5.73 Å². The molecule has 0 aromatic carbocycles. The molecule has 1 fully saturated rings. The molecule has 0 aliphatic heterocycles. The minimum atomic E-state index is -0.228. The van der Waals surface area contributed by atoms with Gasteiger partial charge < -0.3 is 5.73 Å². The Morgan fingerprint density at radius 3 is 2.44 bits per heavy atom. The van der Waals surface area contributed by atoms with Crippen LogP contribution >= 0.6 is 0 Å². The zero-order valence-corrected chi connectivity index (χ0v) is 10.9. The Labute approximate surface area is 100.0 Å². The molecule has 0 aromatic heterocycles. The van der Waals surface area contributed by atoms with Gasteiger partial charge in [0.1, 0.15) is 5.78 Å². The number of rotatable bonds is 7. The lowest BCUT2D eigenvalue weighted by Gasteiger charge is -2.16. The largest absolute Gasteiger partial charge is 0.322 e. The van der Waals surface area contributed by atoms with E-state index >= 15 is 0 Å². The summed E-state index contributed by atoms with van der Waals surface area (Å²) in [5.74, 6) is 1.85. The minimum absolute atomic E-state index is 0.128. The zero-order valence-electron chi connectivity index (χ0n) is 10.9. The van der Waals surface area contributed by atoms with E-state index < -0.39 is 0 Å². The fraction of sp³-hybridized carbons (Fsp3) is 0.929. The van der Waals surface area contributed by atoms with E-state index in [1.165, 1.54) is 38.5 Å². The van der Waals surface area contributed by atoms with Crippen molar-refractivity contribution in [3.05, 3.63) is 0 Å². The van der Waals surface area contributed by atoms with E-state index in [0.29, 0.717) is 0 Å². The molecule has 0 saturated heterocycles. The Hall–Kier alpha value is -0.370. The van der Waals surface area contributed by atoms with Gasteiger partial charge in [0.15, 0.2) is 0 Å². The van der Waals surface area contributed by atoms with Crippen molar-refractivity contribution in [2.45, 2.75) is 71.3 Å². The van der Waals surface area contributed by atoms with Crippen molar-refractivity contribution < 1.29 is 4.79 Å². The Bertz CT molecular complexity index is 209. The van der Waals surface area contributed by atoms with Crippen LogP contribution in [0.25, 0.3) is 0 Å². The van der Waals surface area contributed by atoms with E-state index in [0.717, 1.165) is 24.7 Å². The third-order valence-corrected chi connectivity index (χ3v) is 4.04. The van der Waals surface area contributed by atoms with Gasteiger partial charge in [-0.15, -0.1) is 0 Å². The summed E-state index contributed by atoms with van der Waals surface area (Å²) in [4.78, 5) is 11.0. The molecule has 94 valence electrons. The fourth-order valence-corrected chi connectivity index (χ4v) is 2.63. The molecule has 2 heteroatoms. The van der Waals surface area contributed by atoms with Crippen molar-refractivity contribution in [3.63, 3.8) is 0 Å². The molecule has 0 bridgehead atoms. The quantitative estimate of drug-likeness (QED) is 0.722. The zero-order chi connectivity index (χ0) is 12.0. The van der Waals surface area contributed by atoms with Crippen LogP contribution in [0, 0.1) is 11.8 Å². The maximum Gasteiger partial charge on any atom is 0.146 e. The van der Waals surface area contributed by atoms with Gasteiger partial charge in [-0.25, -0.2) is 0 Å². The van der Waals surface area contributed by atoms with Crippen LogP contribution in [0.5, 0.6) is 0 Å². The number of ketones is 1. The van der Waals surface area contributed by atoms with Gasteiger partial charge in [0.05, 0.1) is 6.04 Å². The molecule has 1 aliphatic rings. The number of Topliss-reactive ketones (excluding diaryl/α,β-unsaturated/α-hetero) is 1. The average Bonchev–Trinajstić information content (AvgIpc) is 2.75. The first-order chi connectivity index (χ1) is 7.59. The summed E-state index contributed by atoms with van der Waals surface area (Å²) in [5, 5.41) is 0. The molecule has 1 saturated carbocycles. The lowest BCUT2D eigenvalue weighted by molar-refractivity contribution is -0.118. The predicted octanol–water partition coefficient (Wildman–Crippen LogP) is 3.29. The van der Waals surface area contributed by atoms with Crippen LogP contribution in [-0.2, 0) is 4.79 Å². The van der Waals surface area contributed by atoms with E-state index in [9.17, 15) is 4.79 Å². The van der Waals surface area contributed by atoms with E-state index in [2.05, 4.69) is 6.92 Å². The third kappa shape index (κ3) is 5.11. The average molecular weight is 225 g/mol. The summed E-state index contributed by atoms with van der Waals surface area (Å²) >= 11 is 0. The Balaban J connectivity index is 2.05. The maximum absolute atomic E-state index is 11.0. The summed E-state index contributed by atoms with van der Waals surface area (Å²) in [6.07, 6.45) is 10.4. The van der Waals surface area contributed by atoms with Crippen LogP contribution in [0.4, 0.5) is 0 Å². The summed E-state index contributed by atoms with van der Waals surface area (Å²) in [7, 11) is 0. The molecule has 0 amide bonds. The second-order valence-corrected chi connectivity index (χ2v) is 5.63. The summed E-state index contributed by atoms with van der Waals surface area (Å²) < 4.78 is 0. The summed E-state index contributed by atoms with van der Waals surface area (Å²) in [6.45, 7) is 3.88. The molecule has 0 unspecified atom stereocenters. The Morgan fingerprint density at radius 2 is 1.88 bits per heavy atom. The lowest BCUT2D eigenvalue weighted by Crippen LogP contribution is -2.28. The van der Waals surface area contributed by atoms with Crippen LogP contribution in [0.2, 0.25) is 0 Å². The van der Waals surface area contributed by atoms with Gasteiger partial charge in [0.2, 0.25) is 0 Å². The van der Waals surface area contributed by atoms with Gasteiger partial charge in [-0.3, -0.25) is 4.79 Å². The fourth-order valence-electron chi connectivity index (χ4n) is 2.63. The molecular formula is C14H27NO. The van der Waals surface area contributed by atoms with Crippen LogP contribution in [0.3, 0.4) is 0 Å². The van der Waals surface area contributed by atoms with Crippen molar-refractivity contribution in [2.24, 2.45) is 17.6 Å². The highest BCUT2D eigenvalue weighted by Crippen LogP contribution is 2.30. The van der Waals surface area contributed by atoms with E-state index in [1.54, 1.807) is 6.92 Å². The highest BCUT2D eigenvalue weighted by Gasteiger charge is 2.16. The van der Waals surface area contributed by atoms with Gasteiger partial charge >= 0.3 is 0 Å². The second-order valence-electron chi connectivity index (χ2n) is 5.63. The monoisotopic (exact) mass is 225 g/mol. The first kappa shape index (κ1) is 13.7. The number of hydrogen-bond donors (Lipinski definition) is 1. The number of hydrogen-bond acceptors (Lipinski definition) is 2. The van der Waals surface area contributed by atoms with Crippen LogP contribution in [-0.4, -0.2) is 11.8 Å². The maximum atomic E-state index is 11.0. The normalized spacial score (nSPS) is 20.9. The minimum Gasteiger partial charge on any atom is -0.322 e. The number of carbonyl (C=O) groups is 1. The molecule has 2 nitrogen and oxygen atoms in total. The van der Waals surface area contributed by atoms with Gasteiger partial charge in [-0.1, -0.05) is 45.4 Å². The molecule has 1 aliphatic carbocycles. The standard InChI is InChI=1S/C14H27NO/c1-11(8-10-14(15)12(2)16)7-9-13-5-3-4-6-13/h11,13-14H,3-10,15H2,1-2H3/t11-,14+/m1/s1. The van der Waals surface area contributed by atoms with Gasteiger partial charge in [0, 0.05) is 0 Å². The van der Waals surface area contributed by atoms with Crippen molar-refractivity contribution >= 4 is 5.78 Å². The first-order valence-electron chi connectivity index (χ1n) is 6.85. The van der Waals surface area contributed by atoms with E-state index in [1.807, 2.05) is 0 Å². The highest BCUT2D eigenvalue weighted by molar-refractivity contribution is 5.80. The number of nitrogens with two attached hydrogens (primary N) is 1. The van der Waals surface area contributed by atoms with Crippen molar-refractivity contribution in [1.82, 2.24) is 0 Å². The Kier molecular flexibility index (Phi) is 6.04. The molecule has 2 atom stereocenters. The highest BCUT2D eigenvalue weighted by atomic mass is 16.1. The molecule has 2 N–H and O–H groups in total. The molecule has 1 rings (SSSR count). The molecule has 0 heterocycles. The SMILES string of the molecule is CC(=O)[C@@H](N)CC[C@H](C)CCC1CCCC1. The first-order valence-corrected chi connectivity index (χ1v) is 6.85. The molecular weight excluding hydrogens is 198 g/mol. The summed E-state index contributed by atoms with van der Waals surface area (Å²) in [6, 6.07) is -0.228. The molecule has 0 aromatic rings. The lowest BCUT2D eigenvalue weighted by atomic mass is 9.91. The van der Waals surface area contributed by atoms with Crippen molar-refractivity contribution in [3.8, 4) is 0 Å². The predicted molar refractivity (Wildman–Crippen MR) is 68.2 cm³/mol. The van der Waals surface area contributed by atoms with Gasteiger partial charge in [-0.05, 0) is 31.6 Å². The molecule has 16 heavy (non-hydrogen) atoms. The van der Waals surface area contributed by atoms with Crippen molar-refractivity contribution in [1.29, 1.82) is 0 Å². The van der Waals surface area contributed by atoms with E-state index in [-0.39, 0.29) is 11.8 Å². The van der Waals surface area contributed by atoms with Crippen LogP contribution in [0.15, 0.2) is 0 Å². The van der Waals surface area contributed by atoms with Gasteiger partial charge in [-0.2, -0.15) is 0 Å². The summed E-state index contributed by atoms with van der Waals surface area (Å²) in [5.41, 5.74) is 5.73. The smallest absolute Gasteiger partial charge is 0.146 e. The van der Waals surface area contributed by atoms with E-state index in [4.69, 9.17) is 5.73 Å². The third-order valence-electron chi connectivity index (χ3n) is 4.04. The second kappa shape index (κ2) is 7.05.